The van der Waals surface area contributed by atoms with Crippen LogP contribution in [0, 0.1) is 0 Å². The Hall–Kier alpha value is -0.670. The van der Waals surface area contributed by atoms with Gasteiger partial charge in [-0.15, -0.1) is 0 Å². The van der Waals surface area contributed by atoms with Crippen molar-refractivity contribution in [3.8, 4) is 0 Å². The number of hydrogen-bond acceptors (Lipinski definition) is 3. The van der Waals surface area contributed by atoms with E-state index in [9.17, 15) is 0 Å². The second-order valence-corrected chi connectivity index (χ2v) is 3.34. The second kappa shape index (κ2) is 2.75. The average Bonchev–Trinajstić information content (AvgIpc) is 2.06. The molecule has 0 amide bonds. The SMILES string of the molecule is Clc1cccc2c1C=NNS2. The van der Waals surface area contributed by atoms with Crippen molar-refractivity contribution in [1.29, 1.82) is 0 Å². The van der Waals surface area contributed by atoms with Gasteiger partial charge in [-0.05, 0) is 12.1 Å². The minimum atomic E-state index is 0.750. The van der Waals surface area contributed by atoms with Crippen molar-refractivity contribution in [3.05, 3.63) is 28.8 Å². The summed E-state index contributed by atoms with van der Waals surface area (Å²) in [5, 5.41) is 4.63. The monoisotopic (exact) mass is 184 g/mol. The highest BCUT2D eigenvalue weighted by molar-refractivity contribution is 7.97. The standard InChI is InChI=1S/C7H5ClN2S/c8-6-2-1-3-7-5(6)4-9-10-11-7/h1-4,10H. The van der Waals surface area contributed by atoms with E-state index in [2.05, 4.69) is 9.93 Å². The second-order valence-electron chi connectivity index (χ2n) is 2.10. The Balaban J connectivity index is 2.60. The number of benzene rings is 1. The molecule has 11 heavy (non-hydrogen) atoms. The van der Waals surface area contributed by atoms with Crippen LogP contribution < -0.4 is 4.83 Å². The van der Waals surface area contributed by atoms with Crippen LogP contribution in [0.4, 0.5) is 0 Å². The maximum atomic E-state index is 5.91. The van der Waals surface area contributed by atoms with Gasteiger partial charge in [0.05, 0.1) is 11.2 Å². The number of fused-ring (bicyclic) bond motifs is 1. The van der Waals surface area contributed by atoms with Crippen LogP contribution in [0.15, 0.2) is 28.2 Å². The van der Waals surface area contributed by atoms with Crippen LogP contribution in [0.2, 0.25) is 5.02 Å². The predicted molar refractivity (Wildman–Crippen MR) is 48.0 cm³/mol. The van der Waals surface area contributed by atoms with E-state index in [0.29, 0.717) is 0 Å². The Morgan fingerprint density at radius 3 is 3.18 bits per heavy atom. The maximum Gasteiger partial charge on any atom is 0.0577 e. The van der Waals surface area contributed by atoms with Crippen LogP contribution in [-0.2, 0) is 0 Å². The van der Waals surface area contributed by atoms with Crippen molar-refractivity contribution in [2.75, 3.05) is 0 Å². The minimum absolute atomic E-state index is 0.750. The topological polar surface area (TPSA) is 24.4 Å². The van der Waals surface area contributed by atoms with E-state index < -0.39 is 0 Å². The Morgan fingerprint density at radius 2 is 2.36 bits per heavy atom. The third-order valence-corrected chi connectivity index (χ3v) is 2.52. The summed E-state index contributed by atoms with van der Waals surface area (Å²) in [4.78, 5) is 3.91. The quantitative estimate of drug-likeness (QED) is 0.626. The van der Waals surface area contributed by atoms with Crippen LogP contribution in [0.3, 0.4) is 0 Å². The van der Waals surface area contributed by atoms with Gasteiger partial charge >= 0.3 is 0 Å². The van der Waals surface area contributed by atoms with E-state index >= 15 is 0 Å². The van der Waals surface area contributed by atoms with E-state index in [1.165, 1.54) is 11.9 Å². The molecule has 0 atom stereocenters. The van der Waals surface area contributed by atoms with Gasteiger partial charge in [-0.3, -0.25) is 0 Å². The van der Waals surface area contributed by atoms with Crippen LogP contribution >= 0.6 is 23.5 Å². The molecule has 1 aliphatic heterocycles. The molecule has 0 radical (unpaired) electrons. The predicted octanol–water partition coefficient (Wildman–Crippen LogP) is 2.28. The summed E-state index contributed by atoms with van der Waals surface area (Å²) >= 11 is 7.38. The van der Waals surface area contributed by atoms with Gasteiger partial charge in [-0.2, -0.15) is 5.10 Å². The van der Waals surface area contributed by atoms with Gasteiger partial charge in [0.1, 0.15) is 0 Å². The average molecular weight is 185 g/mol. The van der Waals surface area contributed by atoms with Crippen LogP contribution in [0.1, 0.15) is 5.56 Å². The van der Waals surface area contributed by atoms with E-state index in [4.69, 9.17) is 11.6 Å². The number of nitrogens with zero attached hydrogens (tertiary/aromatic N) is 1. The lowest BCUT2D eigenvalue weighted by Gasteiger charge is -2.09. The lowest BCUT2D eigenvalue weighted by atomic mass is 10.2. The number of rotatable bonds is 0. The molecule has 1 N–H and O–H groups in total. The van der Waals surface area contributed by atoms with Gasteiger partial charge < -0.3 is 0 Å². The van der Waals surface area contributed by atoms with E-state index in [1.54, 1.807) is 6.21 Å². The van der Waals surface area contributed by atoms with Crippen molar-refractivity contribution in [2.45, 2.75) is 4.90 Å². The molecule has 0 unspecified atom stereocenters. The lowest BCUT2D eigenvalue weighted by molar-refractivity contribution is 1.10. The van der Waals surface area contributed by atoms with Gasteiger partial charge in [-0.1, -0.05) is 17.7 Å². The molecule has 1 aromatic rings. The number of halogens is 1. The summed E-state index contributed by atoms with van der Waals surface area (Å²) in [7, 11) is 0. The van der Waals surface area contributed by atoms with Gasteiger partial charge in [0.15, 0.2) is 0 Å². The zero-order valence-corrected chi connectivity index (χ0v) is 7.12. The number of hydrazone groups is 1. The van der Waals surface area contributed by atoms with Crippen molar-refractivity contribution in [1.82, 2.24) is 4.83 Å². The molecule has 0 saturated carbocycles. The molecule has 0 spiro atoms. The number of nitrogens with one attached hydrogen (secondary N) is 1. The van der Waals surface area contributed by atoms with Gasteiger partial charge in [-0.25, -0.2) is 4.83 Å². The minimum Gasteiger partial charge on any atom is -0.247 e. The highest BCUT2D eigenvalue weighted by Crippen LogP contribution is 2.27. The molecule has 0 aliphatic carbocycles. The molecule has 0 bridgehead atoms. The zero-order valence-electron chi connectivity index (χ0n) is 5.54. The van der Waals surface area contributed by atoms with E-state index in [1.807, 2.05) is 18.2 Å². The third kappa shape index (κ3) is 1.21. The van der Waals surface area contributed by atoms with Crippen LogP contribution in [0.25, 0.3) is 0 Å². The molecule has 2 rings (SSSR count). The molecule has 2 nitrogen and oxygen atoms in total. The maximum absolute atomic E-state index is 5.91. The number of hydrogen-bond donors (Lipinski definition) is 1. The Bertz CT molecular complexity index is 311. The fourth-order valence-corrected chi connectivity index (χ4v) is 1.80. The normalized spacial score (nSPS) is 13.9. The van der Waals surface area contributed by atoms with Crippen LogP contribution in [-0.4, -0.2) is 6.21 Å². The fraction of sp³-hybridized carbons (Fsp3) is 0. The van der Waals surface area contributed by atoms with Crippen molar-refractivity contribution in [2.24, 2.45) is 5.10 Å². The third-order valence-electron chi connectivity index (χ3n) is 1.41. The Kier molecular flexibility index (Phi) is 1.75. The summed E-state index contributed by atoms with van der Waals surface area (Å²) in [5.41, 5.74) is 0.998. The molecule has 1 heterocycles. The van der Waals surface area contributed by atoms with Crippen molar-refractivity contribution in [3.63, 3.8) is 0 Å². The van der Waals surface area contributed by atoms with Crippen LogP contribution in [0.5, 0.6) is 0 Å². The first-order valence-electron chi connectivity index (χ1n) is 3.11. The highest BCUT2D eigenvalue weighted by Gasteiger charge is 2.07. The first-order valence-corrected chi connectivity index (χ1v) is 4.31. The van der Waals surface area contributed by atoms with Gasteiger partial charge in [0.2, 0.25) is 0 Å². The summed E-state index contributed by atoms with van der Waals surface area (Å²) in [6.45, 7) is 0. The molecule has 1 aromatic carbocycles. The molecular weight excluding hydrogens is 180 g/mol. The largest absolute Gasteiger partial charge is 0.247 e. The molecule has 1 aliphatic rings. The Labute approximate surface area is 73.8 Å². The van der Waals surface area contributed by atoms with Gasteiger partial charge in [0, 0.05) is 22.4 Å². The lowest BCUT2D eigenvalue weighted by Crippen LogP contribution is -2.02. The summed E-state index contributed by atoms with van der Waals surface area (Å²) in [6, 6.07) is 5.79. The van der Waals surface area contributed by atoms with E-state index in [0.717, 1.165) is 15.5 Å². The molecule has 0 saturated heterocycles. The molecule has 0 fully saturated rings. The van der Waals surface area contributed by atoms with Crippen molar-refractivity contribution >= 4 is 29.8 Å². The smallest absolute Gasteiger partial charge is 0.0577 e. The summed E-state index contributed by atoms with van der Waals surface area (Å²) in [6.07, 6.45) is 1.73. The highest BCUT2D eigenvalue weighted by atomic mass is 35.5. The first-order chi connectivity index (χ1) is 5.38. The fourth-order valence-electron chi connectivity index (χ4n) is 0.898. The summed E-state index contributed by atoms with van der Waals surface area (Å²) < 4.78 is 0. The van der Waals surface area contributed by atoms with Crippen molar-refractivity contribution < 1.29 is 0 Å². The molecule has 56 valence electrons. The molecule has 4 heteroatoms. The Morgan fingerprint density at radius 1 is 1.45 bits per heavy atom. The van der Waals surface area contributed by atoms with E-state index in [-0.39, 0.29) is 0 Å². The zero-order chi connectivity index (χ0) is 7.68. The molecular formula is C7H5ClN2S. The summed E-state index contributed by atoms with van der Waals surface area (Å²) in [5.74, 6) is 0. The first kappa shape index (κ1) is 7.00. The van der Waals surface area contributed by atoms with Gasteiger partial charge in [0.25, 0.3) is 0 Å². The molecule has 0 aromatic heterocycles.